The SMILES string of the molecule is CCC1(C)CSC(=NCC2CCCCN2C)N1. The summed E-state index contributed by atoms with van der Waals surface area (Å²) < 4.78 is 0. The minimum Gasteiger partial charge on any atom is -0.359 e. The molecule has 0 aliphatic carbocycles. The van der Waals surface area contributed by atoms with Crippen molar-refractivity contribution in [3.8, 4) is 0 Å². The molecule has 0 bridgehead atoms. The van der Waals surface area contributed by atoms with Gasteiger partial charge in [0.25, 0.3) is 0 Å². The summed E-state index contributed by atoms with van der Waals surface area (Å²) in [5, 5.41) is 4.73. The topological polar surface area (TPSA) is 27.6 Å². The van der Waals surface area contributed by atoms with E-state index in [1.807, 2.05) is 11.8 Å². The van der Waals surface area contributed by atoms with Crippen LogP contribution < -0.4 is 5.32 Å². The van der Waals surface area contributed by atoms with Gasteiger partial charge in [0, 0.05) is 17.3 Å². The molecular weight excluding hydrogens is 230 g/mol. The lowest BCUT2D eigenvalue weighted by Gasteiger charge is -2.31. The van der Waals surface area contributed by atoms with Crippen LogP contribution in [0, 0.1) is 0 Å². The Morgan fingerprint density at radius 3 is 3.00 bits per heavy atom. The molecule has 2 aliphatic heterocycles. The molecule has 98 valence electrons. The number of aliphatic imine (C=N–C) groups is 1. The molecule has 0 saturated carbocycles. The van der Waals surface area contributed by atoms with Gasteiger partial charge in [-0.1, -0.05) is 25.1 Å². The van der Waals surface area contributed by atoms with E-state index in [-0.39, 0.29) is 5.54 Å². The highest BCUT2D eigenvalue weighted by Gasteiger charge is 2.30. The number of nitrogens with zero attached hydrogens (tertiary/aromatic N) is 2. The number of amidine groups is 1. The van der Waals surface area contributed by atoms with Gasteiger partial charge in [0.2, 0.25) is 0 Å². The van der Waals surface area contributed by atoms with E-state index in [1.54, 1.807) is 0 Å². The van der Waals surface area contributed by atoms with Crippen LogP contribution in [-0.2, 0) is 0 Å². The molecule has 0 aromatic rings. The fourth-order valence-corrected chi connectivity index (χ4v) is 3.61. The van der Waals surface area contributed by atoms with Crippen LogP contribution in [0.4, 0.5) is 0 Å². The number of likely N-dealkylation sites (N-methyl/N-ethyl adjacent to an activating group) is 1. The van der Waals surface area contributed by atoms with Crippen molar-refractivity contribution in [3.63, 3.8) is 0 Å². The fraction of sp³-hybridized carbons (Fsp3) is 0.923. The van der Waals surface area contributed by atoms with Crippen molar-refractivity contribution in [1.82, 2.24) is 10.2 Å². The number of likely N-dealkylation sites (tertiary alicyclic amines) is 1. The van der Waals surface area contributed by atoms with E-state index in [4.69, 9.17) is 4.99 Å². The number of hydrogen-bond donors (Lipinski definition) is 1. The summed E-state index contributed by atoms with van der Waals surface area (Å²) in [7, 11) is 2.23. The van der Waals surface area contributed by atoms with Crippen LogP contribution >= 0.6 is 11.8 Å². The molecule has 0 amide bonds. The molecule has 2 heterocycles. The molecule has 2 fully saturated rings. The maximum atomic E-state index is 4.77. The minimum absolute atomic E-state index is 0.266. The largest absolute Gasteiger partial charge is 0.359 e. The molecule has 0 spiro atoms. The second kappa shape index (κ2) is 5.61. The van der Waals surface area contributed by atoms with Crippen molar-refractivity contribution in [1.29, 1.82) is 0 Å². The summed E-state index contributed by atoms with van der Waals surface area (Å²) in [6.07, 6.45) is 5.20. The summed E-state index contributed by atoms with van der Waals surface area (Å²) >= 11 is 1.88. The van der Waals surface area contributed by atoms with Gasteiger partial charge < -0.3 is 10.2 Å². The normalized spacial score (nSPS) is 37.4. The molecule has 2 atom stereocenters. The predicted octanol–water partition coefficient (Wildman–Crippen LogP) is 2.33. The Bertz CT molecular complexity index is 292. The first-order chi connectivity index (χ1) is 8.13. The van der Waals surface area contributed by atoms with Gasteiger partial charge in [-0.3, -0.25) is 4.99 Å². The fourth-order valence-electron chi connectivity index (χ4n) is 2.40. The lowest BCUT2D eigenvalue weighted by Crippen LogP contribution is -2.41. The van der Waals surface area contributed by atoms with Gasteiger partial charge in [0.15, 0.2) is 5.17 Å². The van der Waals surface area contributed by atoms with Gasteiger partial charge in [0.05, 0.1) is 6.54 Å². The summed E-state index contributed by atoms with van der Waals surface area (Å²) in [6.45, 7) is 6.73. The van der Waals surface area contributed by atoms with Gasteiger partial charge in [-0.2, -0.15) is 0 Å². The maximum Gasteiger partial charge on any atom is 0.157 e. The van der Waals surface area contributed by atoms with Crippen molar-refractivity contribution in [2.24, 2.45) is 4.99 Å². The zero-order valence-corrected chi connectivity index (χ0v) is 12.1. The zero-order valence-electron chi connectivity index (χ0n) is 11.3. The van der Waals surface area contributed by atoms with Crippen LogP contribution in [0.3, 0.4) is 0 Å². The Hall–Kier alpha value is -0.220. The standard InChI is InChI=1S/C13H25N3S/c1-4-13(2)10-17-12(15-13)14-9-11-7-5-6-8-16(11)3/h11H,4-10H2,1-3H3,(H,14,15). The van der Waals surface area contributed by atoms with Crippen molar-refractivity contribution >= 4 is 16.9 Å². The lowest BCUT2D eigenvalue weighted by molar-refractivity contribution is 0.191. The van der Waals surface area contributed by atoms with Crippen molar-refractivity contribution in [2.75, 3.05) is 25.9 Å². The molecule has 2 rings (SSSR count). The van der Waals surface area contributed by atoms with Crippen LogP contribution in [0.25, 0.3) is 0 Å². The second-order valence-corrected chi connectivity index (χ2v) is 6.57. The average molecular weight is 255 g/mol. The molecule has 4 heteroatoms. The number of rotatable bonds is 3. The smallest absolute Gasteiger partial charge is 0.157 e. The van der Waals surface area contributed by atoms with E-state index >= 15 is 0 Å². The quantitative estimate of drug-likeness (QED) is 0.839. The van der Waals surface area contributed by atoms with Crippen LogP contribution in [-0.4, -0.2) is 47.5 Å². The van der Waals surface area contributed by atoms with Crippen LogP contribution in [0.2, 0.25) is 0 Å². The number of thioether (sulfide) groups is 1. The average Bonchev–Trinajstić information content (AvgIpc) is 2.71. The first kappa shape index (κ1) is 13.2. The lowest BCUT2D eigenvalue weighted by atomic mass is 10.0. The van der Waals surface area contributed by atoms with E-state index in [0.29, 0.717) is 6.04 Å². The second-order valence-electron chi connectivity index (χ2n) is 5.60. The molecule has 0 radical (unpaired) electrons. The van der Waals surface area contributed by atoms with E-state index in [1.165, 1.54) is 32.2 Å². The molecule has 2 aliphatic rings. The molecule has 17 heavy (non-hydrogen) atoms. The molecule has 0 aromatic carbocycles. The molecule has 2 unspecified atom stereocenters. The molecule has 3 nitrogen and oxygen atoms in total. The predicted molar refractivity (Wildman–Crippen MR) is 76.9 cm³/mol. The van der Waals surface area contributed by atoms with Gasteiger partial charge >= 0.3 is 0 Å². The maximum absolute atomic E-state index is 4.77. The van der Waals surface area contributed by atoms with Crippen molar-refractivity contribution < 1.29 is 0 Å². The Labute approximate surface area is 109 Å². The number of nitrogens with one attached hydrogen (secondary N) is 1. The van der Waals surface area contributed by atoms with E-state index in [9.17, 15) is 0 Å². The Morgan fingerprint density at radius 2 is 2.35 bits per heavy atom. The van der Waals surface area contributed by atoms with Crippen LogP contribution in [0.5, 0.6) is 0 Å². The monoisotopic (exact) mass is 255 g/mol. The Kier molecular flexibility index (Phi) is 4.36. The Morgan fingerprint density at radius 1 is 1.53 bits per heavy atom. The highest BCUT2D eigenvalue weighted by atomic mass is 32.2. The third-order valence-electron chi connectivity index (χ3n) is 4.08. The van der Waals surface area contributed by atoms with Gasteiger partial charge in [-0.05, 0) is 39.8 Å². The third kappa shape index (κ3) is 3.38. The first-order valence-corrected chi connectivity index (χ1v) is 7.77. The van der Waals surface area contributed by atoms with E-state index in [0.717, 1.165) is 17.5 Å². The van der Waals surface area contributed by atoms with Gasteiger partial charge in [-0.15, -0.1) is 0 Å². The summed E-state index contributed by atoms with van der Waals surface area (Å²) in [5.41, 5.74) is 0.266. The highest BCUT2D eigenvalue weighted by molar-refractivity contribution is 8.14. The number of hydrogen-bond acceptors (Lipinski definition) is 3. The molecule has 0 aromatic heterocycles. The Balaban J connectivity index is 1.85. The minimum atomic E-state index is 0.266. The molecule has 2 saturated heterocycles. The van der Waals surface area contributed by atoms with Crippen molar-refractivity contribution in [2.45, 2.75) is 51.1 Å². The highest BCUT2D eigenvalue weighted by Crippen LogP contribution is 2.25. The zero-order chi connectivity index (χ0) is 12.3. The van der Waals surface area contributed by atoms with E-state index in [2.05, 4.69) is 31.1 Å². The molecular formula is C13H25N3S. The molecule has 1 N–H and O–H groups in total. The van der Waals surface area contributed by atoms with Crippen LogP contribution in [0.1, 0.15) is 39.5 Å². The third-order valence-corrected chi connectivity index (χ3v) is 5.37. The summed E-state index contributed by atoms with van der Waals surface area (Å²) in [5.74, 6) is 1.16. The van der Waals surface area contributed by atoms with Crippen LogP contribution in [0.15, 0.2) is 4.99 Å². The van der Waals surface area contributed by atoms with Gasteiger partial charge in [-0.25, -0.2) is 0 Å². The van der Waals surface area contributed by atoms with Crippen molar-refractivity contribution in [3.05, 3.63) is 0 Å². The van der Waals surface area contributed by atoms with Gasteiger partial charge in [0.1, 0.15) is 0 Å². The summed E-state index contributed by atoms with van der Waals surface area (Å²) in [4.78, 5) is 7.23. The summed E-state index contributed by atoms with van der Waals surface area (Å²) in [6, 6.07) is 0.659. The first-order valence-electron chi connectivity index (χ1n) is 6.78. The van der Waals surface area contributed by atoms with E-state index < -0.39 is 0 Å². The number of piperidine rings is 1.